The normalized spacial score (nSPS) is 13.7. The summed E-state index contributed by atoms with van der Waals surface area (Å²) < 4.78 is 22.2. The van der Waals surface area contributed by atoms with Gasteiger partial charge in [0, 0.05) is 27.8 Å². The molecule has 0 saturated carbocycles. The van der Waals surface area contributed by atoms with Crippen LogP contribution in [0.5, 0.6) is 11.5 Å². The van der Waals surface area contributed by atoms with E-state index in [2.05, 4.69) is 5.32 Å². The fourth-order valence-corrected chi connectivity index (χ4v) is 2.76. The van der Waals surface area contributed by atoms with Crippen LogP contribution in [-0.2, 0) is 15.6 Å². The van der Waals surface area contributed by atoms with Gasteiger partial charge in [-0.3, -0.25) is 9.00 Å². The number of methoxy groups -OCH3 is 2. The first kappa shape index (κ1) is 16.5. The van der Waals surface area contributed by atoms with E-state index >= 15 is 0 Å². The van der Waals surface area contributed by atoms with Crippen molar-refractivity contribution in [1.82, 2.24) is 0 Å². The molecule has 0 aliphatic carbocycles. The molecule has 6 heteroatoms. The Labute approximate surface area is 122 Å². The molecule has 0 aliphatic rings. The molecule has 20 heavy (non-hydrogen) atoms. The molecule has 0 aliphatic heterocycles. The number of rotatable bonds is 6. The summed E-state index contributed by atoms with van der Waals surface area (Å²) in [6.07, 6.45) is 0. The molecule has 112 valence electrons. The van der Waals surface area contributed by atoms with Gasteiger partial charge in [-0.2, -0.15) is 0 Å². The molecule has 1 aromatic rings. The maximum atomic E-state index is 12.0. The zero-order chi connectivity index (χ0) is 15.3. The molecule has 0 heterocycles. The van der Waals surface area contributed by atoms with Crippen LogP contribution in [0.15, 0.2) is 18.2 Å². The topological polar surface area (TPSA) is 64.6 Å². The Kier molecular flexibility index (Phi) is 6.01. The Bertz CT molecular complexity index is 502. The lowest BCUT2D eigenvalue weighted by Gasteiger charge is -2.15. The highest BCUT2D eigenvalue weighted by molar-refractivity contribution is 7.87. The molecule has 1 aromatic carbocycles. The lowest BCUT2D eigenvalue weighted by Crippen LogP contribution is -2.32. The van der Waals surface area contributed by atoms with Crippen LogP contribution in [0.1, 0.15) is 20.8 Å². The van der Waals surface area contributed by atoms with Crippen LogP contribution in [0.25, 0.3) is 0 Å². The maximum Gasteiger partial charge on any atom is 0.239 e. The van der Waals surface area contributed by atoms with Crippen molar-refractivity contribution in [2.24, 2.45) is 0 Å². The second-order valence-corrected chi connectivity index (χ2v) is 6.89. The first-order valence-electron chi connectivity index (χ1n) is 6.33. The van der Waals surface area contributed by atoms with Gasteiger partial charge in [0.1, 0.15) is 5.25 Å². The highest BCUT2D eigenvalue weighted by Crippen LogP contribution is 2.29. The molecule has 0 fully saturated rings. The van der Waals surface area contributed by atoms with Crippen molar-refractivity contribution >= 4 is 22.4 Å². The van der Waals surface area contributed by atoms with Gasteiger partial charge in [-0.25, -0.2) is 0 Å². The number of carbonyl (C=O) groups is 1. The van der Waals surface area contributed by atoms with Crippen molar-refractivity contribution in [3.05, 3.63) is 18.2 Å². The molecular formula is C14H21NO4S. The summed E-state index contributed by atoms with van der Waals surface area (Å²) in [6.45, 7) is 5.32. The van der Waals surface area contributed by atoms with Crippen LogP contribution in [0.3, 0.4) is 0 Å². The number of hydrogen-bond donors (Lipinski definition) is 1. The molecule has 2 unspecified atom stereocenters. The van der Waals surface area contributed by atoms with Gasteiger partial charge in [0.05, 0.1) is 14.2 Å². The number of nitrogens with one attached hydrogen (secondary N) is 1. The molecule has 0 saturated heterocycles. The van der Waals surface area contributed by atoms with Gasteiger partial charge in [0.15, 0.2) is 11.5 Å². The summed E-state index contributed by atoms with van der Waals surface area (Å²) in [7, 11) is 1.87. The van der Waals surface area contributed by atoms with Crippen LogP contribution in [0.2, 0.25) is 0 Å². The maximum absolute atomic E-state index is 12.0. The number of hydrogen-bond acceptors (Lipinski definition) is 4. The van der Waals surface area contributed by atoms with E-state index in [0.29, 0.717) is 17.2 Å². The lowest BCUT2D eigenvalue weighted by molar-refractivity contribution is -0.115. The minimum Gasteiger partial charge on any atom is -0.493 e. The minimum atomic E-state index is -1.20. The van der Waals surface area contributed by atoms with Gasteiger partial charge < -0.3 is 14.8 Å². The first-order valence-corrected chi connectivity index (χ1v) is 7.60. The van der Waals surface area contributed by atoms with Crippen LogP contribution in [-0.4, -0.2) is 34.8 Å². The quantitative estimate of drug-likeness (QED) is 0.874. The molecule has 0 radical (unpaired) electrons. The summed E-state index contributed by atoms with van der Waals surface area (Å²) in [6, 6.07) is 5.09. The average Bonchev–Trinajstić information content (AvgIpc) is 2.45. The fraction of sp³-hybridized carbons (Fsp3) is 0.500. The van der Waals surface area contributed by atoms with Gasteiger partial charge in [-0.05, 0) is 19.1 Å². The van der Waals surface area contributed by atoms with E-state index in [9.17, 15) is 9.00 Å². The van der Waals surface area contributed by atoms with E-state index in [1.54, 1.807) is 32.2 Å². The third kappa shape index (κ3) is 3.96. The predicted octanol–water partition coefficient (Wildman–Crippen LogP) is 2.19. The molecule has 1 amide bonds. The number of benzene rings is 1. The minimum absolute atomic E-state index is 0.0545. The summed E-state index contributed by atoms with van der Waals surface area (Å²) in [5, 5.41) is 2.11. The Balaban J connectivity index is 2.83. The number of amides is 1. The second kappa shape index (κ2) is 7.28. The fourth-order valence-electron chi connectivity index (χ4n) is 1.67. The van der Waals surface area contributed by atoms with E-state index in [-0.39, 0.29) is 11.2 Å². The van der Waals surface area contributed by atoms with E-state index in [1.807, 2.05) is 13.8 Å². The van der Waals surface area contributed by atoms with Crippen molar-refractivity contribution in [1.29, 1.82) is 0 Å². The van der Waals surface area contributed by atoms with Gasteiger partial charge in [0.2, 0.25) is 5.91 Å². The van der Waals surface area contributed by atoms with Crippen molar-refractivity contribution in [3.8, 4) is 11.5 Å². The average molecular weight is 299 g/mol. The van der Waals surface area contributed by atoms with Crippen LogP contribution in [0.4, 0.5) is 5.69 Å². The van der Waals surface area contributed by atoms with Gasteiger partial charge in [-0.1, -0.05) is 13.8 Å². The Morgan fingerprint density at radius 3 is 2.25 bits per heavy atom. The zero-order valence-corrected chi connectivity index (χ0v) is 13.2. The molecule has 0 aromatic heterocycles. The molecule has 0 bridgehead atoms. The standard InChI is InChI=1S/C14H21NO4S/c1-9(2)20(17)10(3)14(16)15-11-6-7-12(18-4)13(8-11)19-5/h6-10H,1-5H3,(H,15,16). The molecule has 5 nitrogen and oxygen atoms in total. The highest BCUT2D eigenvalue weighted by Gasteiger charge is 2.22. The van der Waals surface area contributed by atoms with Crippen LogP contribution >= 0.6 is 0 Å². The first-order chi connectivity index (χ1) is 9.40. The van der Waals surface area contributed by atoms with E-state index in [1.165, 1.54) is 7.11 Å². The molecule has 2 atom stereocenters. The molecule has 0 spiro atoms. The Hall–Kier alpha value is -1.56. The van der Waals surface area contributed by atoms with Gasteiger partial charge >= 0.3 is 0 Å². The smallest absolute Gasteiger partial charge is 0.239 e. The monoisotopic (exact) mass is 299 g/mol. The highest BCUT2D eigenvalue weighted by atomic mass is 32.2. The predicted molar refractivity (Wildman–Crippen MR) is 80.9 cm³/mol. The second-order valence-electron chi connectivity index (χ2n) is 4.58. The van der Waals surface area contributed by atoms with E-state index in [4.69, 9.17) is 9.47 Å². The Morgan fingerprint density at radius 1 is 1.15 bits per heavy atom. The number of ether oxygens (including phenoxy) is 2. The van der Waals surface area contributed by atoms with E-state index < -0.39 is 16.0 Å². The summed E-state index contributed by atoms with van der Waals surface area (Å²) in [5.41, 5.74) is 0.584. The largest absolute Gasteiger partial charge is 0.493 e. The molecule has 1 N–H and O–H groups in total. The zero-order valence-electron chi connectivity index (χ0n) is 12.4. The van der Waals surface area contributed by atoms with Crippen LogP contribution in [0, 0.1) is 0 Å². The summed E-state index contributed by atoms with van der Waals surface area (Å²) in [5.74, 6) is 0.844. The van der Waals surface area contributed by atoms with Gasteiger partial charge in [-0.15, -0.1) is 0 Å². The Morgan fingerprint density at radius 2 is 1.75 bits per heavy atom. The number of carbonyl (C=O) groups excluding carboxylic acids is 1. The van der Waals surface area contributed by atoms with Crippen molar-refractivity contribution in [2.75, 3.05) is 19.5 Å². The van der Waals surface area contributed by atoms with Crippen molar-refractivity contribution in [2.45, 2.75) is 31.3 Å². The third-order valence-electron chi connectivity index (χ3n) is 2.83. The third-order valence-corrected chi connectivity index (χ3v) is 4.67. The van der Waals surface area contributed by atoms with Crippen LogP contribution < -0.4 is 14.8 Å². The molecular weight excluding hydrogens is 278 g/mol. The van der Waals surface area contributed by atoms with Crippen molar-refractivity contribution in [3.63, 3.8) is 0 Å². The van der Waals surface area contributed by atoms with Gasteiger partial charge in [0.25, 0.3) is 0 Å². The number of anilines is 1. The SMILES string of the molecule is COc1ccc(NC(=O)C(C)S(=O)C(C)C)cc1OC. The molecule has 1 rings (SSSR count). The van der Waals surface area contributed by atoms with E-state index in [0.717, 1.165) is 0 Å². The summed E-state index contributed by atoms with van der Waals surface area (Å²) in [4.78, 5) is 12.0. The summed E-state index contributed by atoms with van der Waals surface area (Å²) >= 11 is 0. The van der Waals surface area contributed by atoms with Crippen molar-refractivity contribution < 1.29 is 18.5 Å². The lowest BCUT2D eigenvalue weighted by atomic mass is 10.2.